The summed E-state index contributed by atoms with van der Waals surface area (Å²) in [7, 11) is -1.55. The normalized spacial score (nSPS) is 12.9. The van der Waals surface area contributed by atoms with Crippen molar-refractivity contribution in [3.05, 3.63) is 113 Å². The van der Waals surface area contributed by atoms with E-state index in [1.165, 1.54) is 22.3 Å². The quantitative estimate of drug-likeness (QED) is 0.207. The summed E-state index contributed by atoms with van der Waals surface area (Å²) < 4.78 is 14.2. The molecule has 0 aliphatic carbocycles. The molecule has 3 heteroatoms. The molecule has 43 heavy (non-hydrogen) atoms. The van der Waals surface area contributed by atoms with Gasteiger partial charge in [0.1, 0.15) is 11.5 Å². The molecule has 0 radical (unpaired) electrons. The van der Waals surface area contributed by atoms with Crippen molar-refractivity contribution >= 4 is 13.7 Å². The van der Waals surface area contributed by atoms with Gasteiger partial charge in [0.15, 0.2) is 0 Å². The van der Waals surface area contributed by atoms with Gasteiger partial charge in [0.2, 0.25) is 0 Å². The van der Waals surface area contributed by atoms with Crippen LogP contribution in [0.4, 0.5) is 0 Å². The Morgan fingerprint density at radius 2 is 0.860 bits per heavy atom. The van der Waals surface area contributed by atoms with E-state index in [4.69, 9.17) is 9.05 Å². The Hall–Kier alpha value is -3.09. The molecular formula is C40H51O2P. The molecule has 0 amide bonds. The lowest BCUT2D eigenvalue weighted by Crippen LogP contribution is -2.20. The molecule has 0 saturated heterocycles. The summed E-state index contributed by atoms with van der Waals surface area (Å²) in [6.45, 7) is 27.1. The highest BCUT2D eigenvalue weighted by Gasteiger charge is 2.30. The van der Waals surface area contributed by atoms with E-state index in [1.807, 2.05) is 0 Å². The summed E-state index contributed by atoms with van der Waals surface area (Å²) in [5.74, 6) is 1.75. The maximum atomic E-state index is 7.10. The van der Waals surface area contributed by atoms with Crippen molar-refractivity contribution in [3.63, 3.8) is 0 Å². The molecule has 0 unspecified atom stereocenters. The Morgan fingerprint density at radius 3 is 1.28 bits per heavy atom. The summed E-state index contributed by atoms with van der Waals surface area (Å²) in [6.07, 6.45) is 0. The maximum absolute atomic E-state index is 7.10. The van der Waals surface area contributed by atoms with E-state index in [2.05, 4.69) is 174 Å². The molecule has 0 saturated carbocycles. The fourth-order valence-corrected chi connectivity index (χ4v) is 6.63. The third kappa shape index (κ3) is 7.90. The molecule has 228 valence electrons. The van der Waals surface area contributed by atoms with Crippen LogP contribution in [-0.2, 0) is 21.7 Å². The SMILES string of the molecule is CC(C)(C)c1ccc(OP(Oc2ccc(C(C)(C)C)cc2C(C)(C)C)c2ccccc2-c2ccccc2)c(C(C)(C)C)c1. The van der Waals surface area contributed by atoms with Crippen LogP contribution in [-0.4, -0.2) is 0 Å². The molecule has 0 aliphatic rings. The van der Waals surface area contributed by atoms with Gasteiger partial charge in [-0.2, -0.15) is 0 Å². The number of hydrogen-bond donors (Lipinski definition) is 0. The lowest BCUT2D eigenvalue weighted by Gasteiger charge is -2.31. The standard InChI is InChI=1S/C40H51O2P/c1-37(2,3)29-22-24-34(32(26-29)39(7,8)9)41-43(36-21-17-16-20-31(36)28-18-14-13-15-19-28)42-35-25-23-30(38(4,5)6)27-33(35)40(10,11)12/h13-27H,1-12H3. The van der Waals surface area contributed by atoms with Gasteiger partial charge in [0.25, 0.3) is 0 Å². The van der Waals surface area contributed by atoms with Crippen LogP contribution < -0.4 is 14.4 Å². The molecule has 4 rings (SSSR count). The minimum atomic E-state index is -1.55. The first-order valence-corrected chi connectivity index (χ1v) is 16.6. The number of benzene rings is 4. The first-order valence-electron chi connectivity index (χ1n) is 15.5. The highest BCUT2D eigenvalue weighted by atomic mass is 31.2. The Bertz CT molecular complexity index is 1460. The Labute approximate surface area is 262 Å². The van der Waals surface area contributed by atoms with Crippen LogP contribution in [0.15, 0.2) is 91.0 Å². The van der Waals surface area contributed by atoms with Gasteiger partial charge in [0, 0.05) is 11.1 Å². The molecule has 4 aromatic rings. The molecule has 0 aromatic heterocycles. The van der Waals surface area contributed by atoms with Crippen LogP contribution in [0.5, 0.6) is 11.5 Å². The third-order valence-electron chi connectivity index (χ3n) is 7.86. The maximum Gasteiger partial charge on any atom is 0.326 e. The summed E-state index contributed by atoms with van der Waals surface area (Å²) in [4.78, 5) is 0. The molecule has 0 aliphatic heterocycles. The van der Waals surface area contributed by atoms with E-state index >= 15 is 0 Å². The van der Waals surface area contributed by atoms with Crippen LogP contribution >= 0.6 is 8.38 Å². The largest absolute Gasteiger partial charge is 0.435 e. The Balaban J connectivity index is 1.92. The minimum absolute atomic E-state index is 0.0378. The summed E-state index contributed by atoms with van der Waals surface area (Å²) >= 11 is 0. The summed E-state index contributed by atoms with van der Waals surface area (Å²) in [5.41, 5.74) is 7.10. The smallest absolute Gasteiger partial charge is 0.326 e. The molecule has 0 heterocycles. The average molecular weight is 595 g/mol. The van der Waals surface area contributed by atoms with Crippen molar-refractivity contribution in [3.8, 4) is 22.6 Å². The zero-order valence-electron chi connectivity index (χ0n) is 28.4. The van der Waals surface area contributed by atoms with Crippen molar-refractivity contribution in [2.24, 2.45) is 0 Å². The third-order valence-corrected chi connectivity index (χ3v) is 9.36. The van der Waals surface area contributed by atoms with Crippen LogP contribution in [0.1, 0.15) is 105 Å². The molecule has 0 N–H and O–H groups in total. The molecule has 2 nitrogen and oxygen atoms in total. The molecule has 0 fully saturated rings. The second kappa shape index (κ2) is 12.1. The Kier molecular flexibility index (Phi) is 9.25. The van der Waals surface area contributed by atoms with Crippen LogP contribution in [0.2, 0.25) is 0 Å². The highest BCUT2D eigenvalue weighted by Crippen LogP contribution is 2.48. The fourth-order valence-electron chi connectivity index (χ4n) is 5.11. The van der Waals surface area contributed by atoms with Crippen molar-refractivity contribution < 1.29 is 9.05 Å². The molecule has 0 spiro atoms. The molecule has 0 bridgehead atoms. The van der Waals surface area contributed by atoms with E-state index in [-0.39, 0.29) is 21.7 Å². The molecular weight excluding hydrogens is 543 g/mol. The number of hydrogen-bond acceptors (Lipinski definition) is 2. The molecule has 4 aromatic carbocycles. The van der Waals surface area contributed by atoms with Gasteiger partial charge >= 0.3 is 8.38 Å². The van der Waals surface area contributed by atoms with E-state index in [9.17, 15) is 0 Å². The number of rotatable bonds is 6. The first-order chi connectivity index (χ1) is 19.9. The minimum Gasteiger partial charge on any atom is -0.435 e. The van der Waals surface area contributed by atoms with Gasteiger partial charge in [-0.25, -0.2) is 0 Å². The van der Waals surface area contributed by atoms with Crippen LogP contribution in [0.3, 0.4) is 0 Å². The van der Waals surface area contributed by atoms with Gasteiger partial charge in [-0.1, -0.05) is 156 Å². The fraction of sp³-hybridized carbons (Fsp3) is 0.400. The predicted molar refractivity (Wildman–Crippen MR) is 187 cm³/mol. The van der Waals surface area contributed by atoms with Gasteiger partial charge in [0.05, 0.1) is 5.30 Å². The zero-order valence-corrected chi connectivity index (χ0v) is 29.3. The second-order valence-electron chi connectivity index (χ2n) is 15.7. The topological polar surface area (TPSA) is 18.5 Å². The van der Waals surface area contributed by atoms with E-state index in [0.717, 1.165) is 27.9 Å². The second-order valence-corrected chi connectivity index (χ2v) is 17.1. The van der Waals surface area contributed by atoms with E-state index < -0.39 is 8.38 Å². The van der Waals surface area contributed by atoms with Crippen molar-refractivity contribution in [1.29, 1.82) is 0 Å². The van der Waals surface area contributed by atoms with Gasteiger partial charge in [-0.3, -0.25) is 0 Å². The van der Waals surface area contributed by atoms with E-state index in [0.29, 0.717) is 0 Å². The van der Waals surface area contributed by atoms with Crippen molar-refractivity contribution in [2.75, 3.05) is 0 Å². The van der Waals surface area contributed by atoms with Gasteiger partial charge in [-0.05, 0) is 62.1 Å². The lowest BCUT2D eigenvalue weighted by molar-refractivity contribution is 0.466. The predicted octanol–water partition coefficient (Wildman–Crippen LogP) is 11.6. The van der Waals surface area contributed by atoms with E-state index in [1.54, 1.807) is 0 Å². The summed E-state index contributed by atoms with van der Waals surface area (Å²) in [5, 5.41) is 1.06. The highest BCUT2D eigenvalue weighted by molar-refractivity contribution is 7.57. The first kappa shape index (κ1) is 32.8. The monoisotopic (exact) mass is 594 g/mol. The van der Waals surface area contributed by atoms with Gasteiger partial charge in [-0.15, -0.1) is 0 Å². The zero-order chi connectivity index (χ0) is 31.8. The Morgan fingerprint density at radius 1 is 0.442 bits per heavy atom. The van der Waals surface area contributed by atoms with Gasteiger partial charge < -0.3 is 9.05 Å². The average Bonchev–Trinajstić information content (AvgIpc) is 2.91. The molecule has 0 atom stereocenters. The lowest BCUT2D eigenvalue weighted by atomic mass is 9.80. The van der Waals surface area contributed by atoms with Crippen molar-refractivity contribution in [1.82, 2.24) is 0 Å². The summed E-state index contributed by atoms with van der Waals surface area (Å²) in [6, 6.07) is 32.4. The van der Waals surface area contributed by atoms with Crippen LogP contribution in [0, 0.1) is 0 Å². The van der Waals surface area contributed by atoms with Crippen molar-refractivity contribution in [2.45, 2.75) is 105 Å². The van der Waals surface area contributed by atoms with Crippen LogP contribution in [0.25, 0.3) is 11.1 Å².